The summed E-state index contributed by atoms with van der Waals surface area (Å²) < 4.78 is 34.0. The van der Waals surface area contributed by atoms with Gasteiger partial charge in [0.25, 0.3) is 0 Å². The third-order valence-electron chi connectivity index (χ3n) is 5.19. The summed E-state index contributed by atoms with van der Waals surface area (Å²) >= 11 is 0. The average molecular weight is 432 g/mol. The lowest BCUT2D eigenvalue weighted by atomic mass is 10.1. The summed E-state index contributed by atoms with van der Waals surface area (Å²) in [6, 6.07) is 6.09. The summed E-state index contributed by atoms with van der Waals surface area (Å²) in [5.41, 5.74) is 1.34. The molecule has 2 aromatic rings. The summed E-state index contributed by atoms with van der Waals surface area (Å²) in [6.45, 7) is 1.71. The molecule has 0 bridgehead atoms. The number of hydrazone groups is 1. The number of esters is 1. The molecule has 3 heterocycles. The molecule has 158 valence electrons. The summed E-state index contributed by atoms with van der Waals surface area (Å²) in [5, 5.41) is 5.87. The Balaban J connectivity index is 1.52. The van der Waals surface area contributed by atoms with Crippen LogP contribution in [0, 0.1) is 6.92 Å². The summed E-state index contributed by atoms with van der Waals surface area (Å²) in [7, 11) is -3.20. The molecule has 4 rings (SSSR count). The maximum atomic E-state index is 12.5. The molecule has 0 radical (unpaired) electrons. The molecule has 0 spiro atoms. The molecular formula is C20H20N2O7S. The molecule has 2 aliphatic rings. The van der Waals surface area contributed by atoms with E-state index in [0.29, 0.717) is 23.0 Å². The number of carbonyl (C=O) groups excluding carboxylic acids is 2. The number of sulfone groups is 1. The summed E-state index contributed by atoms with van der Waals surface area (Å²) in [6.07, 6.45) is 0.469. The second-order valence-corrected chi connectivity index (χ2v) is 9.74. The molecule has 1 saturated heterocycles. The van der Waals surface area contributed by atoms with E-state index >= 15 is 0 Å². The number of hydrogen-bond acceptors (Lipinski definition) is 8. The van der Waals surface area contributed by atoms with Crippen LogP contribution in [-0.2, 0) is 30.8 Å². The first kappa shape index (κ1) is 20.3. The first-order valence-corrected chi connectivity index (χ1v) is 11.3. The largest absolute Gasteiger partial charge is 0.456 e. The molecule has 1 atom stereocenters. The number of fused-ring (bicyclic) bond motifs is 1. The van der Waals surface area contributed by atoms with Crippen molar-refractivity contribution in [1.82, 2.24) is 5.01 Å². The van der Waals surface area contributed by atoms with Crippen LogP contribution in [0.3, 0.4) is 0 Å². The maximum absolute atomic E-state index is 12.5. The Labute approximate surface area is 172 Å². The number of aryl methyl sites for hydroxylation is 1. The first-order chi connectivity index (χ1) is 14.2. The highest BCUT2D eigenvalue weighted by atomic mass is 32.2. The van der Waals surface area contributed by atoms with Crippen LogP contribution in [-0.4, -0.2) is 48.6 Å². The van der Waals surface area contributed by atoms with E-state index in [0.717, 1.165) is 10.6 Å². The average Bonchev–Trinajstić information content (AvgIpc) is 3.05. The maximum Gasteiger partial charge on any atom is 0.354 e. The van der Waals surface area contributed by atoms with E-state index in [1.807, 2.05) is 13.0 Å². The number of rotatable bonds is 4. The van der Waals surface area contributed by atoms with Crippen molar-refractivity contribution in [3.8, 4) is 0 Å². The molecule has 1 aromatic heterocycles. The molecule has 0 unspecified atom stereocenters. The van der Waals surface area contributed by atoms with Crippen LogP contribution in [0.5, 0.6) is 0 Å². The zero-order chi connectivity index (χ0) is 21.5. The highest BCUT2D eigenvalue weighted by Crippen LogP contribution is 2.23. The summed E-state index contributed by atoms with van der Waals surface area (Å²) in [4.78, 5) is 36.5. The van der Waals surface area contributed by atoms with Gasteiger partial charge < -0.3 is 9.15 Å². The van der Waals surface area contributed by atoms with E-state index in [1.54, 1.807) is 12.1 Å². The van der Waals surface area contributed by atoms with E-state index in [-0.39, 0.29) is 42.6 Å². The van der Waals surface area contributed by atoms with Crippen LogP contribution in [0.2, 0.25) is 0 Å². The van der Waals surface area contributed by atoms with Crippen LogP contribution < -0.4 is 5.63 Å². The van der Waals surface area contributed by atoms with E-state index in [9.17, 15) is 22.8 Å². The predicted molar refractivity (Wildman–Crippen MR) is 108 cm³/mol. The Morgan fingerprint density at radius 3 is 2.80 bits per heavy atom. The Hall–Kier alpha value is -3.01. The lowest BCUT2D eigenvalue weighted by molar-refractivity contribution is -0.138. The summed E-state index contributed by atoms with van der Waals surface area (Å²) in [5.74, 6) is -1.17. The Kier molecular flexibility index (Phi) is 5.19. The van der Waals surface area contributed by atoms with Gasteiger partial charge in [-0.3, -0.25) is 4.79 Å². The zero-order valence-corrected chi connectivity index (χ0v) is 17.1. The topological polar surface area (TPSA) is 123 Å². The van der Waals surface area contributed by atoms with Crippen LogP contribution in [0.1, 0.15) is 30.4 Å². The second kappa shape index (κ2) is 7.67. The Bertz CT molecular complexity index is 1230. The smallest absolute Gasteiger partial charge is 0.354 e. The minimum atomic E-state index is -3.20. The molecule has 30 heavy (non-hydrogen) atoms. The van der Waals surface area contributed by atoms with Gasteiger partial charge in [-0.15, -0.1) is 0 Å². The van der Waals surface area contributed by atoms with Crippen molar-refractivity contribution in [2.24, 2.45) is 5.10 Å². The van der Waals surface area contributed by atoms with Gasteiger partial charge >= 0.3 is 11.6 Å². The molecular weight excluding hydrogens is 412 g/mol. The van der Waals surface area contributed by atoms with Crippen LogP contribution in [0.25, 0.3) is 11.0 Å². The quantitative estimate of drug-likeness (QED) is 0.527. The lowest BCUT2D eigenvalue weighted by Gasteiger charge is -2.27. The van der Waals surface area contributed by atoms with Crippen molar-refractivity contribution >= 4 is 38.4 Å². The van der Waals surface area contributed by atoms with Gasteiger partial charge in [0.1, 0.15) is 17.9 Å². The number of hydrogen-bond donors (Lipinski definition) is 0. The fourth-order valence-corrected chi connectivity index (χ4v) is 5.35. The van der Waals surface area contributed by atoms with Gasteiger partial charge in [0.05, 0.1) is 17.5 Å². The number of amides is 1. The molecule has 1 fully saturated rings. The number of ether oxygens (including phenoxy) is 1. The number of carbonyl (C=O) groups is 2. The highest BCUT2D eigenvalue weighted by molar-refractivity contribution is 7.91. The van der Waals surface area contributed by atoms with E-state index in [4.69, 9.17) is 9.15 Å². The van der Waals surface area contributed by atoms with Gasteiger partial charge in [-0.05, 0) is 25.0 Å². The van der Waals surface area contributed by atoms with Crippen molar-refractivity contribution in [2.45, 2.75) is 38.8 Å². The van der Waals surface area contributed by atoms with E-state index in [2.05, 4.69) is 5.10 Å². The van der Waals surface area contributed by atoms with Crippen LogP contribution >= 0.6 is 0 Å². The minimum absolute atomic E-state index is 0.000115. The number of nitrogens with zero attached hydrogens (tertiary/aromatic N) is 2. The molecule has 1 aromatic carbocycles. The van der Waals surface area contributed by atoms with E-state index < -0.39 is 27.5 Å². The molecule has 0 aliphatic carbocycles. The third-order valence-corrected chi connectivity index (χ3v) is 6.94. The standard InChI is InChI=1S/C20H20N2O7S/c1-12-2-3-15-13(9-19(24)29-17(15)8-12)10-28-20(25)16-4-5-18(23)22(21-16)14-6-7-30(26,27)11-14/h2-3,8-9,14H,4-7,10-11H2,1H3/t14-/m0/s1. The fourth-order valence-electron chi connectivity index (χ4n) is 3.66. The van der Waals surface area contributed by atoms with Gasteiger partial charge in [-0.25, -0.2) is 23.0 Å². The molecule has 2 aliphatic heterocycles. The van der Waals surface area contributed by atoms with Gasteiger partial charge in [-0.1, -0.05) is 12.1 Å². The molecule has 0 N–H and O–H groups in total. The van der Waals surface area contributed by atoms with Gasteiger partial charge in [0.15, 0.2) is 9.84 Å². The lowest BCUT2D eigenvalue weighted by Crippen LogP contribution is -2.42. The fraction of sp³-hybridized carbons (Fsp3) is 0.400. The van der Waals surface area contributed by atoms with Gasteiger partial charge in [0, 0.05) is 29.9 Å². The van der Waals surface area contributed by atoms with Crippen molar-refractivity contribution in [3.05, 3.63) is 45.8 Å². The van der Waals surface area contributed by atoms with Gasteiger partial charge in [-0.2, -0.15) is 5.10 Å². The van der Waals surface area contributed by atoms with Crippen LogP contribution in [0.4, 0.5) is 0 Å². The second-order valence-electron chi connectivity index (χ2n) is 7.51. The monoisotopic (exact) mass is 432 g/mol. The molecule has 10 heteroatoms. The first-order valence-electron chi connectivity index (χ1n) is 9.52. The molecule has 1 amide bonds. The highest BCUT2D eigenvalue weighted by Gasteiger charge is 2.37. The Morgan fingerprint density at radius 1 is 1.27 bits per heavy atom. The van der Waals surface area contributed by atoms with Gasteiger partial charge in [0.2, 0.25) is 5.91 Å². The zero-order valence-electron chi connectivity index (χ0n) is 16.3. The SMILES string of the molecule is Cc1ccc2c(COC(=O)C3=NN([C@H]4CCS(=O)(=O)C4)C(=O)CC3)cc(=O)oc2c1. The third kappa shape index (κ3) is 4.13. The predicted octanol–water partition coefficient (Wildman–Crippen LogP) is 1.31. The van der Waals surface area contributed by atoms with Crippen molar-refractivity contribution in [1.29, 1.82) is 0 Å². The van der Waals surface area contributed by atoms with E-state index in [1.165, 1.54) is 6.07 Å². The minimum Gasteiger partial charge on any atom is -0.456 e. The number of benzene rings is 1. The molecule has 0 saturated carbocycles. The van der Waals surface area contributed by atoms with Crippen molar-refractivity contribution in [2.75, 3.05) is 11.5 Å². The Morgan fingerprint density at radius 2 is 2.07 bits per heavy atom. The molecule has 9 nitrogen and oxygen atoms in total. The van der Waals surface area contributed by atoms with Crippen molar-refractivity contribution < 1.29 is 27.2 Å². The normalized spacial score (nSPS) is 21.0. The van der Waals surface area contributed by atoms with Crippen molar-refractivity contribution in [3.63, 3.8) is 0 Å². The van der Waals surface area contributed by atoms with Crippen LogP contribution in [0.15, 0.2) is 38.6 Å².